The maximum Gasteiger partial charge on any atom is 0.437 e. The van der Waals surface area contributed by atoms with Crippen molar-refractivity contribution < 1.29 is 22.0 Å². The summed E-state index contributed by atoms with van der Waals surface area (Å²) in [5.74, 6) is -1.54. The van der Waals surface area contributed by atoms with Gasteiger partial charge in [-0.15, -0.1) is 5.10 Å². The van der Waals surface area contributed by atoms with Crippen LogP contribution in [0.1, 0.15) is 19.3 Å². The highest BCUT2D eigenvalue weighted by Gasteiger charge is 2.42. The van der Waals surface area contributed by atoms with E-state index < -0.39 is 21.4 Å². The van der Waals surface area contributed by atoms with Gasteiger partial charge in [0.25, 0.3) is 0 Å². The number of carbonyl (C=O) groups is 1. The summed E-state index contributed by atoms with van der Waals surface area (Å²) in [7, 11) is -3.12. The minimum Gasteiger partial charge on any atom is -0.388 e. The van der Waals surface area contributed by atoms with E-state index in [1.807, 2.05) is 0 Å². The average Bonchev–Trinajstić information content (AvgIpc) is 3.28. The maximum absolute atomic E-state index is 13.0. The molecule has 0 radical (unpaired) electrons. The van der Waals surface area contributed by atoms with E-state index in [-0.39, 0.29) is 41.9 Å². The summed E-state index contributed by atoms with van der Waals surface area (Å²) in [5, 5.41) is 4.02. The predicted octanol–water partition coefficient (Wildman–Crippen LogP) is 0.821. The lowest BCUT2D eigenvalue weighted by molar-refractivity contribution is -0.134. The monoisotopic (exact) mass is 395 g/mol. The molecule has 1 saturated heterocycles. The van der Waals surface area contributed by atoms with Crippen molar-refractivity contribution in [2.75, 3.05) is 11.5 Å². The SMILES string of the molecule is O=C(Cn1nc(-c2ccc(F)cc2)oc1=O)N(C1CC1)C1CCS(=O)(=O)C1. The van der Waals surface area contributed by atoms with Gasteiger partial charge in [0, 0.05) is 17.6 Å². The first-order valence-corrected chi connectivity index (χ1v) is 10.5. The molecule has 1 aliphatic heterocycles. The zero-order valence-corrected chi connectivity index (χ0v) is 15.2. The Morgan fingerprint density at radius 2 is 1.93 bits per heavy atom. The molecule has 8 nitrogen and oxygen atoms in total. The molecule has 1 saturated carbocycles. The average molecular weight is 395 g/mol. The molecule has 2 fully saturated rings. The van der Waals surface area contributed by atoms with E-state index >= 15 is 0 Å². The second-order valence-corrected chi connectivity index (χ2v) is 9.16. The summed E-state index contributed by atoms with van der Waals surface area (Å²) in [4.78, 5) is 26.4. The highest BCUT2D eigenvalue weighted by molar-refractivity contribution is 7.91. The van der Waals surface area contributed by atoms with Crippen molar-refractivity contribution in [2.45, 2.75) is 37.9 Å². The molecule has 0 bridgehead atoms. The van der Waals surface area contributed by atoms with Gasteiger partial charge in [0.15, 0.2) is 9.84 Å². The Kier molecular flexibility index (Phi) is 4.37. The first-order valence-electron chi connectivity index (χ1n) is 8.68. The standard InChI is InChI=1S/C17H18FN3O5S/c18-12-3-1-11(2-4-12)16-19-20(17(23)26-16)9-15(22)21(13-5-6-13)14-7-8-27(24,25)10-14/h1-4,13-14H,5-10H2. The molecule has 1 aromatic carbocycles. The van der Waals surface area contributed by atoms with Crippen LogP contribution >= 0.6 is 0 Å². The molecule has 1 aromatic heterocycles. The molecular formula is C17H18FN3O5S. The molecule has 4 rings (SSSR count). The van der Waals surface area contributed by atoms with Crippen LogP contribution in [0, 0.1) is 5.82 Å². The van der Waals surface area contributed by atoms with Gasteiger partial charge in [-0.3, -0.25) is 4.79 Å². The third-order valence-electron chi connectivity index (χ3n) is 4.81. The van der Waals surface area contributed by atoms with Gasteiger partial charge in [-0.25, -0.2) is 17.6 Å². The molecular weight excluding hydrogens is 377 g/mol. The van der Waals surface area contributed by atoms with Gasteiger partial charge in [-0.2, -0.15) is 4.68 Å². The van der Waals surface area contributed by atoms with Gasteiger partial charge in [0.05, 0.1) is 11.5 Å². The van der Waals surface area contributed by atoms with Crippen LogP contribution in [0.4, 0.5) is 4.39 Å². The molecule has 1 amide bonds. The van der Waals surface area contributed by atoms with Crippen molar-refractivity contribution in [3.8, 4) is 11.5 Å². The molecule has 2 aromatic rings. The van der Waals surface area contributed by atoms with Crippen LogP contribution in [0.15, 0.2) is 33.5 Å². The zero-order chi connectivity index (χ0) is 19.2. The lowest BCUT2D eigenvalue weighted by atomic mass is 10.2. The van der Waals surface area contributed by atoms with Crippen LogP contribution in [-0.2, 0) is 21.2 Å². The lowest BCUT2D eigenvalue weighted by Crippen LogP contribution is -2.45. The Labute approximate surface area is 154 Å². The Balaban J connectivity index is 1.53. The quantitative estimate of drug-likeness (QED) is 0.743. The van der Waals surface area contributed by atoms with Gasteiger partial charge in [-0.05, 0) is 43.5 Å². The summed E-state index contributed by atoms with van der Waals surface area (Å²) >= 11 is 0. The van der Waals surface area contributed by atoms with Crippen molar-refractivity contribution in [1.82, 2.24) is 14.7 Å². The smallest absolute Gasteiger partial charge is 0.388 e. The summed E-state index contributed by atoms with van der Waals surface area (Å²) in [6.45, 7) is -0.323. The molecule has 27 heavy (non-hydrogen) atoms. The van der Waals surface area contributed by atoms with Crippen LogP contribution in [0.3, 0.4) is 0 Å². The molecule has 0 N–H and O–H groups in total. The zero-order valence-electron chi connectivity index (χ0n) is 14.4. The van der Waals surface area contributed by atoms with E-state index in [0.29, 0.717) is 12.0 Å². The normalized spacial score (nSPS) is 21.3. The van der Waals surface area contributed by atoms with Crippen LogP contribution in [0.5, 0.6) is 0 Å². The number of benzene rings is 1. The number of amides is 1. The van der Waals surface area contributed by atoms with E-state index in [1.165, 1.54) is 24.3 Å². The molecule has 144 valence electrons. The second-order valence-electron chi connectivity index (χ2n) is 6.93. The van der Waals surface area contributed by atoms with E-state index in [4.69, 9.17) is 4.42 Å². The molecule has 10 heteroatoms. The molecule has 1 unspecified atom stereocenters. The van der Waals surface area contributed by atoms with Gasteiger partial charge in [0.1, 0.15) is 12.4 Å². The van der Waals surface area contributed by atoms with E-state index in [0.717, 1.165) is 17.5 Å². The first kappa shape index (κ1) is 17.9. The minimum atomic E-state index is -3.12. The van der Waals surface area contributed by atoms with Gasteiger partial charge >= 0.3 is 5.76 Å². The van der Waals surface area contributed by atoms with Gasteiger partial charge in [-0.1, -0.05) is 0 Å². The first-order chi connectivity index (χ1) is 12.8. The summed E-state index contributed by atoms with van der Waals surface area (Å²) < 4.78 is 42.5. The Hall–Kier alpha value is -2.49. The molecule has 1 aliphatic carbocycles. The van der Waals surface area contributed by atoms with Crippen LogP contribution in [0.25, 0.3) is 11.5 Å². The molecule has 0 spiro atoms. The number of hydrogen-bond acceptors (Lipinski definition) is 6. The van der Waals surface area contributed by atoms with Crippen molar-refractivity contribution >= 4 is 15.7 Å². The van der Waals surface area contributed by atoms with Crippen molar-refractivity contribution in [1.29, 1.82) is 0 Å². The fourth-order valence-corrected chi connectivity index (χ4v) is 5.09. The number of nitrogens with zero attached hydrogens (tertiary/aromatic N) is 3. The van der Waals surface area contributed by atoms with Crippen LogP contribution in [-0.4, -0.2) is 52.6 Å². The maximum atomic E-state index is 13.0. The van der Waals surface area contributed by atoms with E-state index in [1.54, 1.807) is 4.90 Å². The molecule has 2 heterocycles. The van der Waals surface area contributed by atoms with Crippen molar-refractivity contribution in [3.63, 3.8) is 0 Å². The van der Waals surface area contributed by atoms with Crippen molar-refractivity contribution in [3.05, 3.63) is 40.6 Å². The summed E-state index contributed by atoms with van der Waals surface area (Å²) in [5.41, 5.74) is 0.417. The Morgan fingerprint density at radius 3 is 2.52 bits per heavy atom. The fourth-order valence-electron chi connectivity index (χ4n) is 3.38. The summed E-state index contributed by atoms with van der Waals surface area (Å²) in [6, 6.07) is 4.95. The van der Waals surface area contributed by atoms with Crippen LogP contribution < -0.4 is 5.76 Å². The number of sulfone groups is 1. The van der Waals surface area contributed by atoms with Crippen LogP contribution in [0.2, 0.25) is 0 Å². The third-order valence-corrected chi connectivity index (χ3v) is 6.56. The largest absolute Gasteiger partial charge is 0.437 e. The second kappa shape index (κ2) is 6.59. The lowest BCUT2D eigenvalue weighted by Gasteiger charge is -2.28. The fraction of sp³-hybridized carbons (Fsp3) is 0.471. The molecule has 1 atom stereocenters. The Morgan fingerprint density at radius 1 is 1.22 bits per heavy atom. The van der Waals surface area contributed by atoms with Crippen molar-refractivity contribution in [2.24, 2.45) is 0 Å². The van der Waals surface area contributed by atoms with E-state index in [9.17, 15) is 22.4 Å². The Bertz CT molecular complexity index is 1020. The number of rotatable bonds is 5. The summed E-state index contributed by atoms with van der Waals surface area (Å²) in [6.07, 6.45) is 2.08. The van der Waals surface area contributed by atoms with Gasteiger partial charge < -0.3 is 9.32 Å². The highest BCUT2D eigenvalue weighted by Crippen LogP contribution is 2.32. The predicted molar refractivity (Wildman–Crippen MR) is 93.1 cm³/mol. The highest BCUT2D eigenvalue weighted by atomic mass is 32.2. The van der Waals surface area contributed by atoms with Gasteiger partial charge in [0.2, 0.25) is 11.8 Å². The number of hydrogen-bond donors (Lipinski definition) is 0. The topological polar surface area (TPSA) is 102 Å². The molecule has 2 aliphatic rings. The number of carbonyl (C=O) groups excluding carboxylic acids is 1. The minimum absolute atomic E-state index is 0.00536. The van der Waals surface area contributed by atoms with E-state index in [2.05, 4.69) is 5.10 Å². The number of aromatic nitrogens is 2. The number of halogens is 1. The third kappa shape index (κ3) is 3.80.